The molecule has 1 rings (SSSR count). The smallest absolute Gasteiger partial charge is 0.366 e. The van der Waals surface area contributed by atoms with Crippen LogP contribution in [0.3, 0.4) is 0 Å². The highest BCUT2D eigenvalue weighted by molar-refractivity contribution is 5.76. The molecule has 94 valence electrons. The van der Waals surface area contributed by atoms with Gasteiger partial charge in [-0.3, -0.25) is 4.79 Å². The third kappa shape index (κ3) is 2.30. The predicted molar refractivity (Wildman–Crippen MR) is 64.1 cm³/mol. The lowest BCUT2D eigenvalue weighted by molar-refractivity contribution is -0.138. The molecule has 0 radical (unpaired) electrons. The predicted octanol–water partition coefficient (Wildman–Crippen LogP) is 0.246. The van der Waals surface area contributed by atoms with E-state index in [0.717, 1.165) is 0 Å². The molecule has 1 aromatic rings. The summed E-state index contributed by atoms with van der Waals surface area (Å²) in [6.45, 7) is 4.97. The number of hydrogen-bond acceptors (Lipinski definition) is 4. The zero-order valence-corrected chi connectivity index (χ0v) is 10.7. The first-order valence-corrected chi connectivity index (χ1v) is 5.28. The van der Waals surface area contributed by atoms with E-state index in [2.05, 4.69) is 4.98 Å². The minimum absolute atomic E-state index is 0.397. The first-order valence-electron chi connectivity index (χ1n) is 5.28. The quantitative estimate of drug-likeness (QED) is 0.818. The highest BCUT2D eigenvalue weighted by Crippen LogP contribution is 2.20. The van der Waals surface area contributed by atoms with Crippen LogP contribution >= 0.6 is 0 Å². The summed E-state index contributed by atoms with van der Waals surface area (Å²) in [6.07, 6.45) is 0. The van der Waals surface area contributed by atoms with Gasteiger partial charge in [-0.1, -0.05) is 0 Å². The highest BCUT2D eigenvalue weighted by Gasteiger charge is 2.22. The van der Waals surface area contributed by atoms with Crippen molar-refractivity contribution in [3.63, 3.8) is 0 Å². The Balaban J connectivity index is 3.57. The van der Waals surface area contributed by atoms with Crippen molar-refractivity contribution in [3.8, 4) is 0 Å². The third-order valence-corrected chi connectivity index (χ3v) is 2.75. The summed E-state index contributed by atoms with van der Waals surface area (Å²) in [5, 5.41) is 10.6. The van der Waals surface area contributed by atoms with Crippen molar-refractivity contribution in [1.82, 2.24) is 9.66 Å². The number of aromatic nitrogens is 2. The van der Waals surface area contributed by atoms with Crippen LogP contribution < -0.4 is 10.7 Å². The molecule has 0 aromatic carbocycles. The van der Waals surface area contributed by atoms with Crippen LogP contribution in [0.1, 0.15) is 29.8 Å². The van der Waals surface area contributed by atoms with Crippen molar-refractivity contribution in [2.45, 2.75) is 26.7 Å². The number of carboxylic acids is 1. The summed E-state index contributed by atoms with van der Waals surface area (Å²) >= 11 is 0. The van der Waals surface area contributed by atoms with Gasteiger partial charge in [0, 0.05) is 31.0 Å². The monoisotopic (exact) mass is 239 g/mol. The standard InChI is InChI=1S/C11H17N3O3/c1-6(10(15)16)9-7(2)12-11(17)14(8(9)3)13(4)5/h6H,1-5H3,(H,15,16). The van der Waals surface area contributed by atoms with Gasteiger partial charge in [-0.05, 0) is 20.8 Å². The number of aliphatic carboxylic acids is 1. The van der Waals surface area contributed by atoms with Gasteiger partial charge in [0.2, 0.25) is 0 Å². The molecule has 1 heterocycles. The second kappa shape index (κ2) is 4.57. The molecular weight excluding hydrogens is 222 g/mol. The van der Waals surface area contributed by atoms with E-state index in [-0.39, 0.29) is 0 Å². The molecule has 0 bridgehead atoms. The molecule has 0 saturated carbocycles. The zero-order valence-electron chi connectivity index (χ0n) is 10.7. The zero-order chi connectivity index (χ0) is 13.3. The molecule has 0 aliphatic carbocycles. The van der Waals surface area contributed by atoms with E-state index in [1.165, 1.54) is 4.68 Å². The average Bonchev–Trinajstić information content (AvgIpc) is 2.15. The second-order valence-electron chi connectivity index (χ2n) is 4.20. The number of carbonyl (C=O) groups is 1. The average molecular weight is 239 g/mol. The third-order valence-electron chi connectivity index (χ3n) is 2.75. The van der Waals surface area contributed by atoms with Crippen molar-refractivity contribution < 1.29 is 9.90 Å². The Morgan fingerprint density at radius 1 is 1.41 bits per heavy atom. The maximum Gasteiger partial charge on any atom is 0.366 e. The molecule has 0 fully saturated rings. The van der Waals surface area contributed by atoms with Crippen molar-refractivity contribution >= 4 is 5.97 Å². The molecule has 6 nitrogen and oxygen atoms in total. The Kier molecular flexibility index (Phi) is 3.55. The topological polar surface area (TPSA) is 75.4 Å². The molecule has 0 spiro atoms. The van der Waals surface area contributed by atoms with Crippen molar-refractivity contribution in [3.05, 3.63) is 27.4 Å². The van der Waals surface area contributed by atoms with E-state index in [1.54, 1.807) is 39.9 Å². The minimum Gasteiger partial charge on any atom is -0.481 e. The number of aryl methyl sites for hydroxylation is 1. The van der Waals surface area contributed by atoms with Gasteiger partial charge >= 0.3 is 11.7 Å². The first kappa shape index (κ1) is 13.2. The van der Waals surface area contributed by atoms with Gasteiger partial charge < -0.3 is 10.1 Å². The van der Waals surface area contributed by atoms with Crippen molar-refractivity contribution in [2.75, 3.05) is 19.1 Å². The molecule has 6 heteroatoms. The van der Waals surface area contributed by atoms with Crippen molar-refractivity contribution in [1.29, 1.82) is 0 Å². The fourth-order valence-electron chi connectivity index (χ4n) is 1.99. The maximum absolute atomic E-state index is 11.7. The molecule has 0 aliphatic rings. The van der Waals surface area contributed by atoms with Gasteiger partial charge in [0.15, 0.2) is 0 Å². The van der Waals surface area contributed by atoms with Crippen LogP contribution in [-0.2, 0) is 4.79 Å². The Hall–Kier alpha value is -1.85. The van der Waals surface area contributed by atoms with Gasteiger partial charge in [0.25, 0.3) is 0 Å². The van der Waals surface area contributed by atoms with E-state index in [9.17, 15) is 9.59 Å². The van der Waals surface area contributed by atoms with Gasteiger partial charge in [0.05, 0.1) is 5.92 Å². The molecule has 1 aromatic heterocycles. The van der Waals surface area contributed by atoms with E-state index < -0.39 is 17.6 Å². The van der Waals surface area contributed by atoms with Crippen LogP contribution in [0, 0.1) is 13.8 Å². The Morgan fingerprint density at radius 3 is 2.35 bits per heavy atom. The normalized spacial score (nSPS) is 12.3. The summed E-state index contributed by atoms with van der Waals surface area (Å²) in [7, 11) is 3.42. The van der Waals surface area contributed by atoms with Crippen LogP contribution in [0.2, 0.25) is 0 Å². The Labute approximate surface area is 99.5 Å². The molecule has 0 saturated heterocycles. The number of hydrogen-bond donors (Lipinski definition) is 1. The number of rotatable bonds is 3. The van der Waals surface area contributed by atoms with Crippen molar-refractivity contribution in [2.24, 2.45) is 0 Å². The fourth-order valence-corrected chi connectivity index (χ4v) is 1.99. The van der Waals surface area contributed by atoms with Gasteiger partial charge in [0.1, 0.15) is 0 Å². The van der Waals surface area contributed by atoms with E-state index in [4.69, 9.17) is 5.11 Å². The van der Waals surface area contributed by atoms with Crippen LogP contribution in [0.4, 0.5) is 0 Å². The molecule has 0 aliphatic heterocycles. The Bertz CT molecular complexity index is 505. The lowest BCUT2D eigenvalue weighted by atomic mass is 9.98. The lowest BCUT2D eigenvalue weighted by Gasteiger charge is -2.22. The molecule has 1 atom stereocenters. The van der Waals surface area contributed by atoms with E-state index in [1.807, 2.05) is 0 Å². The first-order chi connectivity index (χ1) is 7.77. The fraction of sp³-hybridized carbons (Fsp3) is 0.545. The molecule has 17 heavy (non-hydrogen) atoms. The second-order valence-corrected chi connectivity index (χ2v) is 4.20. The van der Waals surface area contributed by atoms with Gasteiger partial charge in [-0.15, -0.1) is 0 Å². The summed E-state index contributed by atoms with van der Waals surface area (Å²) in [5.41, 5.74) is 1.28. The molecule has 1 unspecified atom stereocenters. The van der Waals surface area contributed by atoms with Crippen LogP contribution in [0.5, 0.6) is 0 Å². The lowest BCUT2D eigenvalue weighted by Crippen LogP contribution is -2.40. The summed E-state index contributed by atoms with van der Waals surface area (Å²) in [5.74, 6) is -1.61. The van der Waals surface area contributed by atoms with E-state index in [0.29, 0.717) is 17.0 Å². The van der Waals surface area contributed by atoms with Gasteiger partial charge in [-0.25, -0.2) is 9.47 Å². The summed E-state index contributed by atoms with van der Waals surface area (Å²) in [4.78, 5) is 26.6. The Morgan fingerprint density at radius 2 is 1.94 bits per heavy atom. The summed E-state index contributed by atoms with van der Waals surface area (Å²) < 4.78 is 1.36. The number of nitrogens with zero attached hydrogens (tertiary/aromatic N) is 3. The largest absolute Gasteiger partial charge is 0.481 e. The van der Waals surface area contributed by atoms with Crippen LogP contribution in [0.15, 0.2) is 4.79 Å². The number of carboxylic acid groups (broad SMARTS) is 1. The van der Waals surface area contributed by atoms with Crippen LogP contribution in [-0.4, -0.2) is 34.8 Å². The van der Waals surface area contributed by atoms with Gasteiger partial charge in [-0.2, -0.15) is 4.98 Å². The van der Waals surface area contributed by atoms with E-state index >= 15 is 0 Å². The summed E-state index contributed by atoms with van der Waals surface area (Å²) in [6, 6.07) is 0. The molecule has 1 N–H and O–H groups in total. The maximum atomic E-state index is 11.7. The molecule has 0 amide bonds. The van der Waals surface area contributed by atoms with Crippen LogP contribution in [0.25, 0.3) is 0 Å². The highest BCUT2D eigenvalue weighted by atomic mass is 16.4. The minimum atomic E-state index is -0.929. The SMILES string of the molecule is Cc1nc(=O)n(N(C)C)c(C)c1C(C)C(=O)O. The molecular formula is C11H17N3O3.